The van der Waals surface area contributed by atoms with Crippen LogP contribution in [0.15, 0.2) is 12.4 Å². The van der Waals surface area contributed by atoms with Crippen molar-refractivity contribution in [1.29, 1.82) is 0 Å². The molecule has 2 unspecified atom stereocenters. The van der Waals surface area contributed by atoms with Crippen LogP contribution in [-0.2, 0) is 11.3 Å². The molecule has 0 bridgehead atoms. The molecule has 0 radical (unpaired) electrons. The lowest BCUT2D eigenvalue weighted by Crippen LogP contribution is -2.42. The third kappa shape index (κ3) is 3.53. The van der Waals surface area contributed by atoms with Crippen molar-refractivity contribution in [2.75, 3.05) is 13.1 Å². The Kier molecular flexibility index (Phi) is 4.30. The molecule has 1 aliphatic heterocycles. The summed E-state index contributed by atoms with van der Waals surface area (Å²) in [5.41, 5.74) is 5.67. The van der Waals surface area contributed by atoms with Crippen molar-refractivity contribution in [3.8, 4) is 0 Å². The van der Waals surface area contributed by atoms with Crippen molar-refractivity contribution < 1.29 is 4.79 Å². The summed E-state index contributed by atoms with van der Waals surface area (Å²) in [6.45, 7) is 4.38. The van der Waals surface area contributed by atoms with Crippen molar-refractivity contribution >= 4 is 5.91 Å². The third-order valence-corrected chi connectivity index (χ3v) is 3.29. The first-order chi connectivity index (χ1) is 8.65. The molecule has 2 atom stereocenters. The van der Waals surface area contributed by atoms with E-state index in [1.165, 1.54) is 0 Å². The Labute approximate surface area is 107 Å². The van der Waals surface area contributed by atoms with Gasteiger partial charge in [0.25, 0.3) is 0 Å². The molecule has 1 fully saturated rings. The first-order valence-corrected chi connectivity index (χ1v) is 6.52. The fourth-order valence-corrected chi connectivity index (χ4v) is 2.44. The Balaban J connectivity index is 1.86. The molecule has 1 amide bonds. The van der Waals surface area contributed by atoms with Gasteiger partial charge < -0.3 is 10.6 Å². The molecule has 2 heterocycles. The standard InChI is InChI=1S/C12H21N5O/c1-10(13)7-12(18)16-5-2-3-11(8-16)9-17-6-4-14-15-17/h4,6,10-11H,2-3,5,7-9,13H2,1H3. The lowest BCUT2D eigenvalue weighted by molar-refractivity contribution is -0.133. The average Bonchev–Trinajstić information content (AvgIpc) is 2.81. The van der Waals surface area contributed by atoms with Gasteiger partial charge in [0.2, 0.25) is 5.91 Å². The molecule has 0 spiro atoms. The predicted octanol–water partition coefficient (Wildman–Crippen LogP) is 0.254. The topological polar surface area (TPSA) is 77.0 Å². The highest BCUT2D eigenvalue weighted by Gasteiger charge is 2.24. The maximum Gasteiger partial charge on any atom is 0.224 e. The number of likely N-dealkylation sites (tertiary alicyclic amines) is 1. The normalized spacial score (nSPS) is 21.9. The zero-order valence-corrected chi connectivity index (χ0v) is 10.8. The Morgan fingerprint density at radius 3 is 3.11 bits per heavy atom. The number of piperidine rings is 1. The second-order valence-corrected chi connectivity index (χ2v) is 5.15. The van der Waals surface area contributed by atoms with Crippen LogP contribution in [0.25, 0.3) is 0 Å². The minimum absolute atomic E-state index is 0.0619. The Hall–Kier alpha value is -1.43. The van der Waals surface area contributed by atoms with E-state index in [9.17, 15) is 4.79 Å². The van der Waals surface area contributed by atoms with Crippen molar-refractivity contribution in [2.45, 2.75) is 38.8 Å². The summed E-state index contributed by atoms with van der Waals surface area (Å²) in [5, 5.41) is 7.77. The maximum absolute atomic E-state index is 12.0. The monoisotopic (exact) mass is 251 g/mol. The smallest absolute Gasteiger partial charge is 0.224 e. The van der Waals surface area contributed by atoms with Crippen LogP contribution in [0.2, 0.25) is 0 Å². The van der Waals surface area contributed by atoms with Gasteiger partial charge in [0.05, 0.1) is 6.20 Å². The number of nitrogens with two attached hydrogens (primary N) is 1. The number of carbonyl (C=O) groups excluding carboxylic acids is 1. The van der Waals surface area contributed by atoms with Crippen LogP contribution in [0.1, 0.15) is 26.2 Å². The molecule has 6 heteroatoms. The van der Waals surface area contributed by atoms with Crippen LogP contribution in [-0.4, -0.2) is 44.9 Å². The second kappa shape index (κ2) is 5.95. The molecule has 0 aliphatic carbocycles. The van der Waals surface area contributed by atoms with E-state index >= 15 is 0 Å². The molecule has 100 valence electrons. The number of aromatic nitrogens is 3. The fourth-order valence-electron chi connectivity index (χ4n) is 2.44. The van der Waals surface area contributed by atoms with E-state index < -0.39 is 0 Å². The summed E-state index contributed by atoms with van der Waals surface area (Å²) in [5.74, 6) is 0.644. The van der Waals surface area contributed by atoms with Crippen molar-refractivity contribution in [3.05, 3.63) is 12.4 Å². The quantitative estimate of drug-likeness (QED) is 0.832. The van der Waals surface area contributed by atoms with E-state index in [1.807, 2.05) is 22.7 Å². The van der Waals surface area contributed by atoms with E-state index in [4.69, 9.17) is 5.73 Å². The minimum Gasteiger partial charge on any atom is -0.342 e. The van der Waals surface area contributed by atoms with Crippen molar-refractivity contribution in [2.24, 2.45) is 11.7 Å². The molecular formula is C12H21N5O. The molecule has 1 saturated heterocycles. The maximum atomic E-state index is 12.0. The molecule has 0 aromatic carbocycles. The summed E-state index contributed by atoms with van der Waals surface area (Å²) in [7, 11) is 0. The van der Waals surface area contributed by atoms with Crippen LogP contribution < -0.4 is 5.73 Å². The van der Waals surface area contributed by atoms with E-state index in [0.717, 1.165) is 32.5 Å². The van der Waals surface area contributed by atoms with Gasteiger partial charge in [0, 0.05) is 38.3 Å². The Morgan fingerprint density at radius 2 is 2.44 bits per heavy atom. The Morgan fingerprint density at radius 1 is 1.61 bits per heavy atom. The van der Waals surface area contributed by atoms with E-state index in [2.05, 4.69) is 10.3 Å². The molecule has 1 aliphatic rings. The second-order valence-electron chi connectivity index (χ2n) is 5.15. The number of rotatable bonds is 4. The van der Waals surface area contributed by atoms with E-state index in [-0.39, 0.29) is 11.9 Å². The number of hydrogen-bond donors (Lipinski definition) is 1. The zero-order chi connectivity index (χ0) is 13.0. The number of amides is 1. The highest BCUT2D eigenvalue weighted by atomic mass is 16.2. The van der Waals surface area contributed by atoms with Crippen LogP contribution >= 0.6 is 0 Å². The largest absolute Gasteiger partial charge is 0.342 e. The van der Waals surface area contributed by atoms with Crippen LogP contribution in [0.5, 0.6) is 0 Å². The van der Waals surface area contributed by atoms with Crippen molar-refractivity contribution in [3.63, 3.8) is 0 Å². The first-order valence-electron chi connectivity index (χ1n) is 6.52. The summed E-state index contributed by atoms with van der Waals surface area (Å²) in [6.07, 6.45) is 6.19. The molecule has 6 nitrogen and oxygen atoms in total. The molecular weight excluding hydrogens is 230 g/mol. The molecule has 2 rings (SSSR count). The van der Waals surface area contributed by atoms with Gasteiger partial charge in [-0.25, -0.2) is 0 Å². The molecule has 2 N–H and O–H groups in total. The fraction of sp³-hybridized carbons (Fsp3) is 0.750. The van der Waals surface area contributed by atoms with Crippen LogP contribution in [0.3, 0.4) is 0 Å². The average molecular weight is 251 g/mol. The summed E-state index contributed by atoms with van der Waals surface area (Å²) < 4.78 is 1.84. The number of hydrogen-bond acceptors (Lipinski definition) is 4. The lowest BCUT2D eigenvalue weighted by Gasteiger charge is -2.33. The third-order valence-electron chi connectivity index (χ3n) is 3.29. The highest BCUT2D eigenvalue weighted by molar-refractivity contribution is 5.76. The number of carbonyl (C=O) groups is 1. The lowest BCUT2D eigenvalue weighted by atomic mass is 9.97. The zero-order valence-electron chi connectivity index (χ0n) is 10.8. The molecule has 1 aromatic rings. The van der Waals surface area contributed by atoms with Gasteiger partial charge in [-0.2, -0.15) is 0 Å². The summed E-state index contributed by atoms with van der Waals surface area (Å²) >= 11 is 0. The van der Waals surface area contributed by atoms with Gasteiger partial charge in [-0.3, -0.25) is 9.48 Å². The number of nitrogens with zero attached hydrogens (tertiary/aromatic N) is 4. The molecule has 0 saturated carbocycles. The Bertz CT molecular complexity index is 376. The van der Waals surface area contributed by atoms with Crippen molar-refractivity contribution in [1.82, 2.24) is 19.9 Å². The minimum atomic E-state index is -0.0619. The molecule has 18 heavy (non-hydrogen) atoms. The van der Waals surface area contributed by atoms with Crippen LogP contribution in [0, 0.1) is 5.92 Å². The highest BCUT2D eigenvalue weighted by Crippen LogP contribution is 2.18. The van der Waals surface area contributed by atoms with Gasteiger partial charge in [-0.05, 0) is 25.7 Å². The summed E-state index contributed by atoms with van der Waals surface area (Å²) in [6, 6.07) is -0.0619. The van der Waals surface area contributed by atoms with Gasteiger partial charge in [-0.1, -0.05) is 5.21 Å². The molecule has 1 aromatic heterocycles. The van der Waals surface area contributed by atoms with Gasteiger partial charge in [-0.15, -0.1) is 5.10 Å². The van der Waals surface area contributed by atoms with Gasteiger partial charge >= 0.3 is 0 Å². The SMILES string of the molecule is CC(N)CC(=O)N1CCCC(Cn2ccnn2)C1. The van der Waals surface area contributed by atoms with Gasteiger partial charge in [0.15, 0.2) is 0 Å². The van der Waals surface area contributed by atoms with Crippen LogP contribution in [0.4, 0.5) is 0 Å². The van der Waals surface area contributed by atoms with Gasteiger partial charge in [0.1, 0.15) is 0 Å². The van der Waals surface area contributed by atoms with E-state index in [1.54, 1.807) is 6.20 Å². The van der Waals surface area contributed by atoms with E-state index in [0.29, 0.717) is 12.3 Å². The predicted molar refractivity (Wildman–Crippen MR) is 67.6 cm³/mol. The summed E-state index contributed by atoms with van der Waals surface area (Å²) in [4.78, 5) is 13.9. The first kappa shape index (κ1) is 13.0.